The third kappa shape index (κ3) is 6.28. The lowest BCUT2D eigenvalue weighted by molar-refractivity contribution is -0.142. The highest BCUT2D eigenvalue weighted by molar-refractivity contribution is 5.81. The highest BCUT2D eigenvalue weighted by atomic mass is 16.6. The van der Waals surface area contributed by atoms with Crippen molar-refractivity contribution in [1.82, 2.24) is 5.32 Å². The van der Waals surface area contributed by atoms with Gasteiger partial charge in [0.15, 0.2) is 6.04 Å². The molecule has 0 bridgehead atoms. The first-order valence-corrected chi connectivity index (χ1v) is 15.3. The van der Waals surface area contributed by atoms with Gasteiger partial charge in [-0.25, -0.2) is 9.59 Å². The normalized spacial score (nSPS) is 12.8. The second kappa shape index (κ2) is 13.8. The molecule has 8 heteroatoms. The molecule has 5 aromatic carbocycles. The van der Waals surface area contributed by atoms with Gasteiger partial charge in [0, 0.05) is 5.92 Å². The summed E-state index contributed by atoms with van der Waals surface area (Å²) in [6.07, 6.45) is -0.845. The second-order valence-electron chi connectivity index (χ2n) is 11.2. The molecule has 238 valence electrons. The molecule has 1 unspecified atom stereocenters. The van der Waals surface area contributed by atoms with Crippen molar-refractivity contribution in [3.63, 3.8) is 0 Å². The van der Waals surface area contributed by atoms with E-state index in [2.05, 4.69) is 17.4 Å². The van der Waals surface area contributed by atoms with Crippen LogP contribution in [-0.4, -0.2) is 50.6 Å². The summed E-state index contributed by atoms with van der Waals surface area (Å²) in [5, 5.41) is 12.8. The van der Waals surface area contributed by atoms with E-state index in [0.717, 1.165) is 38.9 Å². The first kappa shape index (κ1) is 31.4. The van der Waals surface area contributed by atoms with E-state index in [1.807, 2.05) is 115 Å². The molecular weight excluding hydrogens is 594 g/mol. The number of hydrogen-bond donors (Lipinski definition) is 2. The van der Waals surface area contributed by atoms with Crippen molar-refractivity contribution in [1.29, 1.82) is 0 Å². The fraction of sp³-hybridized carbons (Fsp3) is 0.179. The van der Waals surface area contributed by atoms with E-state index >= 15 is 0 Å². The number of carboxylic acids is 1. The van der Waals surface area contributed by atoms with Crippen molar-refractivity contribution in [2.45, 2.75) is 17.6 Å². The van der Waals surface area contributed by atoms with E-state index in [0.29, 0.717) is 11.5 Å². The van der Waals surface area contributed by atoms with Crippen LogP contribution < -0.4 is 14.8 Å². The number of rotatable bonds is 12. The van der Waals surface area contributed by atoms with Crippen LogP contribution in [0.3, 0.4) is 0 Å². The van der Waals surface area contributed by atoms with Gasteiger partial charge in [-0.1, -0.05) is 103 Å². The molecule has 0 radical (unpaired) electrons. The van der Waals surface area contributed by atoms with Crippen LogP contribution in [-0.2, 0) is 19.9 Å². The number of benzene rings is 5. The monoisotopic (exact) mass is 629 g/mol. The quantitative estimate of drug-likeness (QED) is 0.143. The largest absolute Gasteiger partial charge is 0.497 e. The van der Waals surface area contributed by atoms with E-state index in [1.54, 1.807) is 14.2 Å². The number of carbonyl (C=O) groups is 2. The Morgan fingerprint density at radius 1 is 0.681 bits per heavy atom. The molecule has 1 aliphatic rings. The van der Waals surface area contributed by atoms with Crippen LogP contribution in [0.25, 0.3) is 11.1 Å². The van der Waals surface area contributed by atoms with Crippen LogP contribution >= 0.6 is 0 Å². The molecule has 0 aromatic heterocycles. The molecule has 47 heavy (non-hydrogen) atoms. The Morgan fingerprint density at radius 2 is 1.15 bits per heavy atom. The lowest BCUT2D eigenvalue weighted by Gasteiger charge is -2.37. The Bertz CT molecular complexity index is 1750. The number of aliphatic carboxylic acids is 1. The first-order chi connectivity index (χ1) is 22.9. The highest BCUT2D eigenvalue weighted by Gasteiger charge is 2.40. The topological polar surface area (TPSA) is 103 Å². The minimum absolute atomic E-state index is 0.0543. The van der Waals surface area contributed by atoms with Gasteiger partial charge in [-0.2, -0.15) is 0 Å². The zero-order valence-electron chi connectivity index (χ0n) is 26.1. The Labute approximate surface area is 273 Å². The number of carboxylic acid groups (broad SMARTS) is 1. The first-order valence-electron chi connectivity index (χ1n) is 15.3. The lowest BCUT2D eigenvalue weighted by Crippen LogP contribution is -2.47. The average molecular weight is 630 g/mol. The maximum absolute atomic E-state index is 13.1. The van der Waals surface area contributed by atoms with Crippen LogP contribution in [0, 0.1) is 0 Å². The summed E-state index contributed by atoms with van der Waals surface area (Å²) < 4.78 is 23.2. The molecule has 8 nitrogen and oxygen atoms in total. The van der Waals surface area contributed by atoms with Gasteiger partial charge in [0.2, 0.25) is 0 Å². The van der Waals surface area contributed by atoms with Crippen molar-refractivity contribution in [2.75, 3.05) is 27.4 Å². The van der Waals surface area contributed by atoms with Gasteiger partial charge in [-0.3, -0.25) is 0 Å². The molecule has 0 fully saturated rings. The van der Waals surface area contributed by atoms with Gasteiger partial charge in [0.05, 0.1) is 20.8 Å². The van der Waals surface area contributed by atoms with Gasteiger partial charge in [-0.15, -0.1) is 0 Å². The van der Waals surface area contributed by atoms with Crippen molar-refractivity contribution in [3.05, 3.63) is 155 Å². The molecule has 0 heterocycles. The van der Waals surface area contributed by atoms with E-state index in [1.165, 1.54) is 0 Å². The zero-order valence-corrected chi connectivity index (χ0v) is 26.1. The number of ether oxygens (including phenoxy) is 4. The van der Waals surface area contributed by atoms with E-state index in [9.17, 15) is 14.7 Å². The number of alkyl carbamates (subject to hydrolysis) is 1. The molecule has 0 saturated heterocycles. The third-order valence-corrected chi connectivity index (χ3v) is 8.57. The molecule has 0 spiro atoms. The van der Waals surface area contributed by atoms with Crippen molar-refractivity contribution in [2.24, 2.45) is 0 Å². The highest BCUT2D eigenvalue weighted by Crippen LogP contribution is 2.45. The number of fused-ring (bicyclic) bond motifs is 3. The number of hydrogen-bond acceptors (Lipinski definition) is 6. The maximum Gasteiger partial charge on any atom is 0.407 e. The summed E-state index contributed by atoms with van der Waals surface area (Å²) in [6, 6.07) is 39.0. The fourth-order valence-electron chi connectivity index (χ4n) is 6.24. The molecule has 2 N–H and O–H groups in total. The maximum atomic E-state index is 13.1. The summed E-state index contributed by atoms with van der Waals surface area (Å²) >= 11 is 0. The van der Waals surface area contributed by atoms with Crippen LogP contribution in [0.5, 0.6) is 11.5 Å². The summed E-state index contributed by atoms with van der Waals surface area (Å²) in [7, 11) is 3.18. The summed E-state index contributed by atoms with van der Waals surface area (Å²) in [6.45, 7) is -0.314. The van der Waals surface area contributed by atoms with Gasteiger partial charge < -0.3 is 29.4 Å². The molecule has 1 aliphatic carbocycles. The summed E-state index contributed by atoms with van der Waals surface area (Å²) in [5.74, 6) is -0.106. The summed E-state index contributed by atoms with van der Waals surface area (Å²) in [4.78, 5) is 25.7. The molecule has 5 aromatic rings. The van der Waals surface area contributed by atoms with Crippen LogP contribution in [0.4, 0.5) is 4.79 Å². The number of carbonyl (C=O) groups excluding carboxylic acids is 1. The van der Waals surface area contributed by atoms with Crippen molar-refractivity contribution < 1.29 is 33.6 Å². The van der Waals surface area contributed by atoms with Gasteiger partial charge >= 0.3 is 12.1 Å². The zero-order chi connectivity index (χ0) is 32.8. The standard InChI is InChI=1S/C39H35NO7/c1-44-29-20-16-27(17-21-29)39(26-10-4-3-5-11-26,28-18-22-30(45-2)23-19-28)47-25-36(37(41)42)40-38(43)46-24-35-33-14-8-6-12-31(33)32-13-7-9-15-34(32)35/h3-23,35-36H,24-25H2,1-2H3,(H,40,43)(H,41,42). The Hall–Kier alpha value is -5.60. The Kier molecular flexibility index (Phi) is 9.22. The van der Waals surface area contributed by atoms with E-state index < -0.39 is 23.7 Å². The Morgan fingerprint density at radius 3 is 1.64 bits per heavy atom. The average Bonchev–Trinajstić information content (AvgIpc) is 3.44. The van der Waals surface area contributed by atoms with Gasteiger partial charge in [0.1, 0.15) is 23.7 Å². The minimum Gasteiger partial charge on any atom is -0.497 e. The lowest BCUT2D eigenvalue weighted by atomic mass is 9.80. The van der Waals surface area contributed by atoms with Gasteiger partial charge in [-0.05, 0) is 63.2 Å². The fourth-order valence-corrected chi connectivity index (χ4v) is 6.24. The Balaban J connectivity index is 1.26. The minimum atomic E-state index is -1.41. The van der Waals surface area contributed by atoms with Crippen molar-refractivity contribution >= 4 is 12.1 Å². The van der Waals surface area contributed by atoms with Crippen LogP contribution in [0.2, 0.25) is 0 Å². The molecule has 0 saturated carbocycles. The predicted molar refractivity (Wildman–Crippen MR) is 178 cm³/mol. The molecular formula is C39H35NO7. The smallest absolute Gasteiger partial charge is 0.407 e. The van der Waals surface area contributed by atoms with E-state index in [-0.39, 0.29) is 19.1 Å². The van der Waals surface area contributed by atoms with Gasteiger partial charge in [0.25, 0.3) is 0 Å². The molecule has 1 amide bonds. The van der Waals surface area contributed by atoms with E-state index in [4.69, 9.17) is 18.9 Å². The second-order valence-corrected chi connectivity index (χ2v) is 11.2. The molecule has 0 aliphatic heterocycles. The molecule has 1 atom stereocenters. The summed E-state index contributed by atoms with van der Waals surface area (Å²) in [5.41, 5.74) is 5.31. The number of nitrogens with one attached hydrogen (secondary N) is 1. The van der Waals surface area contributed by atoms with Crippen LogP contribution in [0.15, 0.2) is 127 Å². The number of amides is 1. The molecule has 6 rings (SSSR count). The predicted octanol–water partition coefficient (Wildman–Crippen LogP) is 7.00. The van der Waals surface area contributed by atoms with Crippen LogP contribution in [0.1, 0.15) is 33.7 Å². The SMILES string of the molecule is COc1ccc(C(OCC(NC(=O)OCC2c3ccccc3-c3ccccc32)C(=O)O)(c2ccccc2)c2ccc(OC)cc2)cc1. The number of methoxy groups -OCH3 is 2. The third-order valence-electron chi connectivity index (χ3n) is 8.57. The van der Waals surface area contributed by atoms with Crippen molar-refractivity contribution in [3.8, 4) is 22.6 Å².